The molecule has 2 N–H and O–H groups in total. The minimum Gasteiger partial charge on any atom is -0.481 e. The summed E-state index contributed by atoms with van der Waals surface area (Å²) in [7, 11) is -3.76. The number of sulfonamides is 1. The molecular formula is C12H21N3O4S. The van der Waals surface area contributed by atoms with Crippen LogP contribution >= 0.6 is 0 Å². The number of hydrogen-bond acceptors (Lipinski definition) is 4. The smallest absolute Gasteiger partial charge is 0.307 e. The van der Waals surface area contributed by atoms with Gasteiger partial charge in [0.25, 0.3) is 10.0 Å². The van der Waals surface area contributed by atoms with E-state index in [1.165, 1.54) is 6.20 Å². The average Bonchev–Trinajstić information content (AvgIpc) is 2.72. The zero-order valence-corrected chi connectivity index (χ0v) is 12.8. The molecule has 114 valence electrons. The van der Waals surface area contributed by atoms with E-state index in [2.05, 4.69) is 9.71 Å². The van der Waals surface area contributed by atoms with Crippen molar-refractivity contribution in [3.05, 3.63) is 12.0 Å². The predicted molar refractivity (Wildman–Crippen MR) is 73.9 cm³/mol. The van der Waals surface area contributed by atoms with Crippen LogP contribution in [0.1, 0.15) is 32.5 Å². The fourth-order valence-corrected chi connectivity index (χ4v) is 2.85. The van der Waals surface area contributed by atoms with Gasteiger partial charge in [-0.2, -0.15) is 0 Å². The lowest BCUT2D eigenvalue weighted by atomic mass is 10.1. The number of aliphatic carboxylic acids is 1. The molecule has 1 aromatic heterocycles. The van der Waals surface area contributed by atoms with Gasteiger partial charge in [0.2, 0.25) is 0 Å². The molecule has 0 aromatic carbocycles. The minimum atomic E-state index is -3.76. The summed E-state index contributed by atoms with van der Waals surface area (Å²) in [4.78, 5) is 14.9. The van der Waals surface area contributed by atoms with Gasteiger partial charge in [0.05, 0.1) is 5.92 Å². The molecule has 20 heavy (non-hydrogen) atoms. The first-order chi connectivity index (χ1) is 9.31. The van der Waals surface area contributed by atoms with Crippen LogP contribution in [0.5, 0.6) is 0 Å². The van der Waals surface area contributed by atoms with Gasteiger partial charge in [0.15, 0.2) is 5.03 Å². The van der Waals surface area contributed by atoms with Crippen molar-refractivity contribution in [1.29, 1.82) is 0 Å². The van der Waals surface area contributed by atoms with Crippen LogP contribution in [0, 0.1) is 12.8 Å². The van der Waals surface area contributed by atoms with Gasteiger partial charge in [-0.1, -0.05) is 13.8 Å². The topological polar surface area (TPSA) is 101 Å². The summed E-state index contributed by atoms with van der Waals surface area (Å²) in [5.74, 6) is -1.12. The number of aromatic nitrogens is 2. The normalized spacial score (nSPS) is 13.3. The van der Waals surface area contributed by atoms with Crippen molar-refractivity contribution in [2.45, 2.75) is 45.2 Å². The van der Waals surface area contributed by atoms with E-state index in [1.54, 1.807) is 18.4 Å². The Hall–Kier alpha value is -1.41. The Morgan fingerprint density at radius 1 is 1.50 bits per heavy atom. The Balaban J connectivity index is 2.83. The maximum Gasteiger partial charge on any atom is 0.307 e. The molecule has 0 saturated heterocycles. The molecule has 1 atom stereocenters. The highest BCUT2D eigenvalue weighted by molar-refractivity contribution is 7.89. The third-order valence-electron chi connectivity index (χ3n) is 3.06. The number of imidazole rings is 1. The molecule has 0 amide bonds. The Morgan fingerprint density at radius 3 is 2.65 bits per heavy atom. The van der Waals surface area contributed by atoms with Crippen molar-refractivity contribution in [2.75, 3.05) is 6.54 Å². The first-order valence-corrected chi connectivity index (χ1v) is 8.06. The number of rotatable bonds is 8. The molecule has 0 bridgehead atoms. The van der Waals surface area contributed by atoms with Crippen LogP contribution in [-0.2, 0) is 21.4 Å². The van der Waals surface area contributed by atoms with Crippen molar-refractivity contribution in [2.24, 2.45) is 5.92 Å². The molecule has 1 rings (SSSR count). The fraction of sp³-hybridized carbons (Fsp3) is 0.667. The highest BCUT2D eigenvalue weighted by atomic mass is 32.2. The maximum absolute atomic E-state index is 12.1. The summed E-state index contributed by atoms with van der Waals surface area (Å²) in [6, 6.07) is 0. The summed E-state index contributed by atoms with van der Waals surface area (Å²) in [5, 5.41) is 8.84. The predicted octanol–water partition coefficient (Wildman–Crippen LogP) is 0.991. The molecule has 0 aliphatic carbocycles. The van der Waals surface area contributed by atoms with Gasteiger partial charge < -0.3 is 9.67 Å². The average molecular weight is 303 g/mol. The van der Waals surface area contributed by atoms with Gasteiger partial charge in [0.1, 0.15) is 5.82 Å². The molecule has 0 aliphatic rings. The Kier molecular flexibility index (Phi) is 5.70. The number of aryl methyl sites for hydroxylation is 2. The highest BCUT2D eigenvalue weighted by Gasteiger charge is 2.22. The number of carboxylic acids is 1. The number of carbonyl (C=O) groups is 1. The van der Waals surface area contributed by atoms with E-state index in [0.717, 1.165) is 6.42 Å². The lowest BCUT2D eigenvalue weighted by molar-refractivity contribution is -0.141. The third-order valence-corrected chi connectivity index (χ3v) is 4.35. The van der Waals surface area contributed by atoms with Gasteiger partial charge in [-0.25, -0.2) is 18.1 Å². The molecule has 1 heterocycles. The molecule has 8 heteroatoms. The maximum atomic E-state index is 12.1. The van der Waals surface area contributed by atoms with E-state index in [1.807, 2.05) is 6.92 Å². The van der Waals surface area contributed by atoms with E-state index in [9.17, 15) is 13.2 Å². The summed E-state index contributed by atoms with van der Waals surface area (Å²) in [6.07, 6.45) is 2.71. The van der Waals surface area contributed by atoms with Crippen LogP contribution in [-0.4, -0.2) is 35.6 Å². The van der Waals surface area contributed by atoms with Crippen LogP contribution in [0.2, 0.25) is 0 Å². The van der Waals surface area contributed by atoms with Crippen LogP contribution in [0.3, 0.4) is 0 Å². The second-order valence-corrected chi connectivity index (χ2v) is 6.33. The monoisotopic (exact) mass is 303 g/mol. The number of hydrogen-bond donors (Lipinski definition) is 2. The van der Waals surface area contributed by atoms with Crippen molar-refractivity contribution < 1.29 is 18.3 Å². The quantitative estimate of drug-likeness (QED) is 0.745. The lowest BCUT2D eigenvalue weighted by Crippen LogP contribution is -2.32. The van der Waals surface area contributed by atoms with Crippen molar-refractivity contribution in [1.82, 2.24) is 14.3 Å². The Labute approximate surface area is 119 Å². The van der Waals surface area contributed by atoms with Crippen LogP contribution in [0.15, 0.2) is 11.2 Å². The summed E-state index contributed by atoms with van der Waals surface area (Å²) in [5.41, 5.74) is 0. The second-order valence-electron chi connectivity index (χ2n) is 4.62. The van der Waals surface area contributed by atoms with E-state index < -0.39 is 21.9 Å². The van der Waals surface area contributed by atoms with Crippen molar-refractivity contribution in [3.63, 3.8) is 0 Å². The standard InChI is InChI=1S/C12H21N3O4S/c1-4-6-15-8-11(14-9(15)3)20(18,19)13-7-10(5-2)12(16)17/h8,10,13H,4-7H2,1-3H3,(H,16,17). The molecule has 1 unspecified atom stereocenters. The van der Waals surface area contributed by atoms with E-state index in [-0.39, 0.29) is 11.6 Å². The Morgan fingerprint density at radius 2 is 2.15 bits per heavy atom. The largest absolute Gasteiger partial charge is 0.481 e. The van der Waals surface area contributed by atoms with Crippen LogP contribution in [0.25, 0.3) is 0 Å². The number of nitrogens with one attached hydrogen (secondary N) is 1. The van der Waals surface area contributed by atoms with Crippen LogP contribution in [0.4, 0.5) is 0 Å². The van der Waals surface area contributed by atoms with Gasteiger partial charge in [0, 0.05) is 19.3 Å². The van der Waals surface area contributed by atoms with E-state index >= 15 is 0 Å². The molecular weight excluding hydrogens is 282 g/mol. The number of carboxylic acid groups (broad SMARTS) is 1. The van der Waals surface area contributed by atoms with Gasteiger partial charge >= 0.3 is 5.97 Å². The van der Waals surface area contributed by atoms with Crippen LogP contribution < -0.4 is 4.72 Å². The van der Waals surface area contributed by atoms with Crippen molar-refractivity contribution >= 4 is 16.0 Å². The van der Waals surface area contributed by atoms with Crippen molar-refractivity contribution in [3.8, 4) is 0 Å². The molecule has 1 aromatic rings. The van der Waals surface area contributed by atoms with E-state index in [4.69, 9.17) is 5.11 Å². The second kappa shape index (κ2) is 6.85. The zero-order chi connectivity index (χ0) is 15.3. The summed E-state index contributed by atoms with van der Waals surface area (Å²) in [6.45, 7) is 5.99. The van der Waals surface area contributed by atoms with Gasteiger partial charge in [-0.05, 0) is 19.8 Å². The zero-order valence-electron chi connectivity index (χ0n) is 12.0. The minimum absolute atomic E-state index is 0.0660. The van der Waals surface area contributed by atoms with Gasteiger partial charge in [-0.3, -0.25) is 4.79 Å². The molecule has 0 radical (unpaired) electrons. The molecule has 0 aliphatic heterocycles. The lowest BCUT2D eigenvalue weighted by Gasteiger charge is -2.10. The Bertz CT molecular complexity index is 565. The summed E-state index contributed by atoms with van der Waals surface area (Å²) >= 11 is 0. The van der Waals surface area contributed by atoms with E-state index in [0.29, 0.717) is 18.8 Å². The van der Waals surface area contributed by atoms with Gasteiger partial charge in [-0.15, -0.1) is 0 Å². The molecule has 0 spiro atoms. The third kappa shape index (κ3) is 4.04. The first-order valence-electron chi connectivity index (χ1n) is 6.58. The fourth-order valence-electron chi connectivity index (χ4n) is 1.77. The molecule has 7 nitrogen and oxygen atoms in total. The number of nitrogens with zero attached hydrogens (tertiary/aromatic N) is 2. The first kappa shape index (κ1) is 16.6. The molecule has 0 saturated carbocycles. The summed E-state index contributed by atoms with van der Waals surface area (Å²) < 4.78 is 28.2. The highest BCUT2D eigenvalue weighted by Crippen LogP contribution is 2.11. The molecule has 0 fully saturated rings. The SMILES string of the molecule is CCCn1cc(S(=O)(=O)NCC(CC)C(=O)O)nc1C.